The normalized spacial score (nSPS) is 16.3. The first kappa shape index (κ1) is 20.2. The van der Waals surface area contributed by atoms with Crippen LogP contribution >= 0.6 is 0 Å². The number of para-hydroxylation sites is 1. The van der Waals surface area contributed by atoms with Crippen molar-refractivity contribution in [1.29, 1.82) is 0 Å². The molecule has 31 heavy (non-hydrogen) atoms. The highest BCUT2D eigenvalue weighted by Crippen LogP contribution is 2.34. The Morgan fingerprint density at radius 2 is 1.94 bits per heavy atom. The second kappa shape index (κ2) is 8.80. The number of aromatic nitrogens is 3. The molecule has 5 rings (SSSR count). The van der Waals surface area contributed by atoms with Crippen molar-refractivity contribution >= 4 is 21.8 Å². The zero-order valence-corrected chi connectivity index (χ0v) is 18.7. The van der Waals surface area contributed by atoms with Crippen LogP contribution in [0.3, 0.4) is 0 Å². The summed E-state index contributed by atoms with van der Waals surface area (Å²) in [4.78, 5) is 12.4. The Bertz CT molecular complexity index is 1190. The molecule has 0 saturated carbocycles. The molecule has 1 aliphatic rings. The van der Waals surface area contributed by atoms with Gasteiger partial charge in [-0.25, -0.2) is 0 Å². The summed E-state index contributed by atoms with van der Waals surface area (Å²) >= 11 is 0. The van der Waals surface area contributed by atoms with E-state index in [0.29, 0.717) is 6.04 Å². The second-order valence-corrected chi connectivity index (χ2v) is 8.90. The number of hydrogen-bond donors (Lipinski definition) is 0. The van der Waals surface area contributed by atoms with Crippen molar-refractivity contribution in [3.05, 3.63) is 71.8 Å². The van der Waals surface area contributed by atoms with Gasteiger partial charge in [0.1, 0.15) is 0 Å². The summed E-state index contributed by atoms with van der Waals surface area (Å²) in [5, 5.41) is 2.62. The van der Waals surface area contributed by atoms with Crippen LogP contribution in [0.5, 0.6) is 0 Å². The lowest BCUT2D eigenvalue weighted by Gasteiger charge is -2.35. The topological polar surface area (TPSA) is 34.0 Å². The van der Waals surface area contributed by atoms with E-state index in [1.807, 2.05) is 6.20 Å². The monoisotopic (exact) mass is 412 g/mol. The first-order chi connectivity index (χ1) is 15.3. The molecular formula is C27H32N4. The Hall–Kier alpha value is -2.72. The molecule has 0 aliphatic heterocycles. The zero-order chi connectivity index (χ0) is 21.2. The highest BCUT2D eigenvalue weighted by Gasteiger charge is 2.27. The average Bonchev–Trinajstić information content (AvgIpc) is 3.10. The summed E-state index contributed by atoms with van der Waals surface area (Å²) in [5.74, 6) is 0. The number of pyridine rings is 2. The predicted octanol–water partition coefficient (Wildman–Crippen LogP) is 6.19. The summed E-state index contributed by atoms with van der Waals surface area (Å²) in [6.45, 7) is 4.26. The highest BCUT2D eigenvalue weighted by molar-refractivity contribution is 6.07. The van der Waals surface area contributed by atoms with E-state index in [4.69, 9.17) is 9.97 Å². The molecule has 1 aliphatic carbocycles. The van der Waals surface area contributed by atoms with E-state index in [0.717, 1.165) is 25.2 Å². The van der Waals surface area contributed by atoms with Crippen molar-refractivity contribution in [2.75, 3.05) is 6.54 Å². The van der Waals surface area contributed by atoms with E-state index in [-0.39, 0.29) is 0 Å². The van der Waals surface area contributed by atoms with Gasteiger partial charge in [-0.05, 0) is 56.0 Å². The van der Waals surface area contributed by atoms with E-state index in [1.165, 1.54) is 65.2 Å². The number of aryl methyl sites for hydroxylation is 2. The highest BCUT2D eigenvalue weighted by atomic mass is 15.2. The van der Waals surface area contributed by atoms with Crippen LogP contribution in [-0.4, -0.2) is 26.0 Å². The molecule has 0 unspecified atom stereocenters. The van der Waals surface area contributed by atoms with Gasteiger partial charge in [0.15, 0.2) is 0 Å². The largest absolute Gasteiger partial charge is 0.342 e. The van der Waals surface area contributed by atoms with E-state index < -0.39 is 0 Å². The molecule has 3 heterocycles. The first-order valence-corrected chi connectivity index (χ1v) is 11.8. The Morgan fingerprint density at radius 1 is 1.03 bits per heavy atom. The Kier molecular flexibility index (Phi) is 5.73. The second-order valence-electron chi connectivity index (χ2n) is 8.90. The third-order valence-electron chi connectivity index (χ3n) is 6.88. The summed E-state index contributed by atoms with van der Waals surface area (Å²) < 4.78 is 2.25. The number of rotatable bonds is 7. The third-order valence-corrected chi connectivity index (χ3v) is 6.88. The van der Waals surface area contributed by atoms with Gasteiger partial charge in [-0.15, -0.1) is 0 Å². The zero-order valence-electron chi connectivity index (χ0n) is 18.7. The van der Waals surface area contributed by atoms with Crippen LogP contribution in [0.2, 0.25) is 0 Å². The standard InChI is InChI=1S/C27H32N4/c1-3-4-7-16-31(25-14-8-10-20-11-9-15-28-27(20)25)19-21-17-23-22-12-5-6-13-24(22)30(2)26(23)18-29-21/h5-6,9,11-13,15,17-18,25H,3-4,7-8,10,14,16,19H2,1-2H3/t25-/m0/s1. The van der Waals surface area contributed by atoms with E-state index in [1.54, 1.807) is 0 Å². The molecule has 0 fully saturated rings. The molecule has 0 amide bonds. The third kappa shape index (κ3) is 3.85. The smallest absolute Gasteiger partial charge is 0.0675 e. The Morgan fingerprint density at radius 3 is 2.84 bits per heavy atom. The minimum Gasteiger partial charge on any atom is -0.342 e. The van der Waals surface area contributed by atoms with Crippen LogP contribution in [-0.2, 0) is 20.0 Å². The van der Waals surface area contributed by atoms with Crippen LogP contribution in [0.4, 0.5) is 0 Å². The minimum absolute atomic E-state index is 0.395. The van der Waals surface area contributed by atoms with Gasteiger partial charge in [-0.1, -0.05) is 44.0 Å². The van der Waals surface area contributed by atoms with Crippen LogP contribution in [0.25, 0.3) is 21.8 Å². The molecule has 4 heteroatoms. The lowest BCUT2D eigenvalue weighted by molar-refractivity contribution is 0.160. The van der Waals surface area contributed by atoms with Crippen molar-refractivity contribution < 1.29 is 0 Å². The van der Waals surface area contributed by atoms with Gasteiger partial charge in [0.2, 0.25) is 0 Å². The predicted molar refractivity (Wildman–Crippen MR) is 128 cm³/mol. The van der Waals surface area contributed by atoms with Gasteiger partial charge in [0.25, 0.3) is 0 Å². The molecule has 1 aromatic carbocycles. The maximum atomic E-state index is 4.90. The van der Waals surface area contributed by atoms with Gasteiger partial charge in [-0.3, -0.25) is 14.9 Å². The molecule has 3 aromatic heterocycles. The molecule has 0 saturated heterocycles. The number of nitrogens with zero attached hydrogens (tertiary/aromatic N) is 4. The van der Waals surface area contributed by atoms with Crippen molar-refractivity contribution in [1.82, 2.24) is 19.4 Å². The molecule has 160 valence electrons. The van der Waals surface area contributed by atoms with Gasteiger partial charge in [0.05, 0.1) is 29.1 Å². The Balaban J connectivity index is 1.49. The molecule has 0 N–H and O–H groups in total. The van der Waals surface area contributed by atoms with Gasteiger partial charge in [0, 0.05) is 36.1 Å². The van der Waals surface area contributed by atoms with Gasteiger partial charge >= 0.3 is 0 Å². The van der Waals surface area contributed by atoms with Crippen LogP contribution in [0.1, 0.15) is 62.0 Å². The van der Waals surface area contributed by atoms with Crippen LogP contribution < -0.4 is 0 Å². The van der Waals surface area contributed by atoms with Gasteiger partial charge in [-0.2, -0.15) is 0 Å². The summed E-state index contributed by atoms with van der Waals surface area (Å²) in [7, 11) is 2.13. The SMILES string of the molecule is CCCCCN(Cc1cc2c3ccccc3n(C)c2cn1)[C@H]1CCCc2cccnc21. The average molecular weight is 413 g/mol. The van der Waals surface area contributed by atoms with Gasteiger partial charge < -0.3 is 4.57 Å². The van der Waals surface area contributed by atoms with E-state index in [2.05, 4.69) is 72.1 Å². The number of hydrogen-bond acceptors (Lipinski definition) is 3. The van der Waals surface area contributed by atoms with Crippen molar-refractivity contribution in [2.45, 2.75) is 58.0 Å². The summed E-state index contributed by atoms with van der Waals surface area (Å²) in [5.41, 5.74) is 6.34. The fourth-order valence-corrected chi connectivity index (χ4v) is 5.24. The molecule has 0 spiro atoms. The maximum absolute atomic E-state index is 4.90. The van der Waals surface area contributed by atoms with Crippen LogP contribution in [0, 0.1) is 0 Å². The minimum atomic E-state index is 0.395. The van der Waals surface area contributed by atoms with Crippen LogP contribution in [0.15, 0.2) is 54.9 Å². The molecule has 4 nitrogen and oxygen atoms in total. The fraction of sp³-hybridized carbons (Fsp3) is 0.407. The maximum Gasteiger partial charge on any atom is 0.0675 e. The van der Waals surface area contributed by atoms with E-state index >= 15 is 0 Å². The molecule has 0 bridgehead atoms. The number of benzene rings is 1. The number of unbranched alkanes of at least 4 members (excludes halogenated alkanes) is 2. The van der Waals surface area contributed by atoms with Crippen molar-refractivity contribution in [3.8, 4) is 0 Å². The van der Waals surface area contributed by atoms with E-state index in [9.17, 15) is 0 Å². The Labute approximate surface area is 184 Å². The lowest BCUT2D eigenvalue weighted by Crippen LogP contribution is -2.33. The molecule has 1 atom stereocenters. The fourth-order valence-electron chi connectivity index (χ4n) is 5.24. The van der Waals surface area contributed by atoms with Crippen molar-refractivity contribution in [3.63, 3.8) is 0 Å². The molecule has 0 radical (unpaired) electrons. The van der Waals surface area contributed by atoms with Crippen molar-refractivity contribution in [2.24, 2.45) is 7.05 Å². The molecule has 4 aromatic rings. The first-order valence-electron chi connectivity index (χ1n) is 11.8. The summed E-state index contributed by atoms with van der Waals surface area (Å²) in [6.07, 6.45) is 11.3. The number of fused-ring (bicyclic) bond motifs is 4. The molecular weight excluding hydrogens is 380 g/mol. The quantitative estimate of drug-likeness (QED) is 0.339. The lowest BCUT2D eigenvalue weighted by atomic mass is 9.90. The summed E-state index contributed by atoms with van der Waals surface area (Å²) in [6, 6.07) is 15.7.